The number of rotatable bonds is 8. The van der Waals surface area contributed by atoms with E-state index in [0.717, 1.165) is 32.0 Å². The van der Waals surface area contributed by atoms with E-state index in [4.69, 9.17) is 0 Å². The molecule has 0 atom stereocenters. The highest BCUT2D eigenvalue weighted by atomic mass is 79.9. The average molecular weight is 587 g/mol. The second-order valence-corrected chi connectivity index (χ2v) is 10.2. The number of likely N-dealkylation sites (N-methyl/N-ethyl adjacent to an activating group) is 1. The number of nitrogens with zero attached hydrogens (tertiary/aromatic N) is 3. The SMILES string of the molecule is CCN(CC)C(=O)Cn1cc(/C=C2\SC(=O)N(CC(=O)Nc3ccc(F)cc3)C2=O)c2cc(Br)ccc21. The first-order chi connectivity index (χ1) is 17.7. The van der Waals surface area contributed by atoms with E-state index < -0.39 is 29.4 Å². The first-order valence-electron chi connectivity index (χ1n) is 11.6. The van der Waals surface area contributed by atoms with Crippen molar-refractivity contribution < 1.29 is 23.6 Å². The molecule has 1 saturated heterocycles. The third-order valence-corrected chi connectivity index (χ3v) is 7.29. The average Bonchev–Trinajstić information content (AvgIpc) is 3.32. The molecule has 0 spiro atoms. The molecule has 1 aliphatic heterocycles. The fraction of sp³-hybridized carbons (Fsp3) is 0.231. The fourth-order valence-corrected chi connectivity index (χ4v) is 5.21. The fourth-order valence-electron chi connectivity index (χ4n) is 4.02. The number of halogens is 2. The summed E-state index contributed by atoms with van der Waals surface area (Å²) in [5.41, 5.74) is 1.84. The van der Waals surface area contributed by atoms with Crippen molar-refractivity contribution in [1.29, 1.82) is 0 Å². The summed E-state index contributed by atoms with van der Waals surface area (Å²) in [6.07, 6.45) is 3.39. The first kappa shape index (κ1) is 26.6. The summed E-state index contributed by atoms with van der Waals surface area (Å²) in [7, 11) is 0. The van der Waals surface area contributed by atoms with E-state index in [1.54, 1.807) is 17.2 Å². The Labute approximate surface area is 225 Å². The topological polar surface area (TPSA) is 91.7 Å². The molecular weight excluding hydrogens is 563 g/mol. The third kappa shape index (κ3) is 5.94. The lowest BCUT2D eigenvalue weighted by atomic mass is 10.1. The van der Waals surface area contributed by atoms with Crippen LogP contribution in [-0.4, -0.2) is 57.0 Å². The maximum Gasteiger partial charge on any atom is 0.294 e. The van der Waals surface area contributed by atoms with Gasteiger partial charge in [0, 0.05) is 45.9 Å². The van der Waals surface area contributed by atoms with Crippen LogP contribution in [0.1, 0.15) is 19.4 Å². The van der Waals surface area contributed by atoms with Gasteiger partial charge in [0.25, 0.3) is 11.1 Å². The van der Waals surface area contributed by atoms with Crippen LogP contribution in [0.5, 0.6) is 0 Å². The highest BCUT2D eigenvalue weighted by molar-refractivity contribution is 9.10. The van der Waals surface area contributed by atoms with Crippen molar-refractivity contribution in [3.63, 3.8) is 0 Å². The number of nitrogens with one attached hydrogen (secondary N) is 1. The molecule has 11 heteroatoms. The number of fused-ring (bicyclic) bond motifs is 1. The highest BCUT2D eigenvalue weighted by Gasteiger charge is 2.36. The van der Waals surface area contributed by atoms with E-state index in [2.05, 4.69) is 21.2 Å². The Kier molecular flexibility index (Phi) is 8.13. The molecule has 1 aliphatic rings. The zero-order valence-electron chi connectivity index (χ0n) is 20.2. The summed E-state index contributed by atoms with van der Waals surface area (Å²) in [5, 5.41) is 2.79. The predicted molar refractivity (Wildman–Crippen MR) is 145 cm³/mol. The van der Waals surface area contributed by atoms with Crippen LogP contribution < -0.4 is 5.32 Å². The quantitative estimate of drug-likeness (QED) is 0.371. The van der Waals surface area contributed by atoms with Crippen molar-refractivity contribution in [1.82, 2.24) is 14.4 Å². The molecule has 4 rings (SSSR count). The van der Waals surface area contributed by atoms with E-state index >= 15 is 0 Å². The third-order valence-electron chi connectivity index (χ3n) is 5.89. The van der Waals surface area contributed by atoms with Crippen molar-refractivity contribution in [3.8, 4) is 0 Å². The van der Waals surface area contributed by atoms with Gasteiger partial charge in [-0.25, -0.2) is 4.39 Å². The number of carbonyl (C=O) groups is 4. The second-order valence-electron chi connectivity index (χ2n) is 8.26. The van der Waals surface area contributed by atoms with Crippen molar-refractivity contribution >= 4 is 73.3 Å². The monoisotopic (exact) mass is 586 g/mol. The van der Waals surface area contributed by atoms with Gasteiger partial charge in [0.1, 0.15) is 18.9 Å². The van der Waals surface area contributed by atoms with Gasteiger partial charge in [-0.1, -0.05) is 15.9 Å². The summed E-state index contributed by atoms with van der Waals surface area (Å²) in [6, 6.07) is 10.8. The number of anilines is 1. The molecular formula is C26H24BrFN4O4S. The molecule has 0 saturated carbocycles. The van der Waals surface area contributed by atoms with Crippen LogP contribution in [0, 0.1) is 5.82 Å². The van der Waals surface area contributed by atoms with Gasteiger partial charge in [0.05, 0.1) is 4.91 Å². The van der Waals surface area contributed by atoms with Crippen LogP contribution >= 0.6 is 27.7 Å². The van der Waals surface area contributed by atoms with Crippen LogP contribution in [0.25, 0.3) is 17.0 Å². The number of aromatic nitrogens is 1. The Morgan fingerprint density at radius 2 is 1.78 bits per heavy atom. The Hall–Kier alpha value is -3.44. The number of benzene rings is 2. The molecule has 0 bridgehead atoms. The number of carbonyl (C=O) groups excluding carboxylic acids is 4. The van der Waals surface area contributed by atoms with Crippen molar-refractivity contribution in [2.45, 2.75) is 20.4 Å². The molecule has 3 aromatic rings. The molecule has 0 aliphatic carbocycles. The summed E-state index contributed by atoms with van der Waals surface area (Å²) in [4.78, 5) is 53.5. The zero-order valence-corrected chi connectivity index (χ0v) is 22.6. The van der Waals surface area contributed by atoms with E-state index in [9.17, 15) is 23.6 Å². The van der Waals surface area contributed by atoms with Crippen molar-refractivity contribution in [2.24, 2.45) is 0 Å². The number of hydrogen-bond donors (Lipinski definition) is 1. The van der Waals surface area contributed by atoms with Crippen molar-refractivity contribution in [2.75, 3.05) is 25.0 Å². The summed E-state index contributed by atoms with van der Waals surface area (Å²) in [5.74, 6) is -1.63. The largest absolute Gasteiger partial charge is 0.342 e. The molecule has 2 aromatic carbocycles. The van der Waals surface area contributed by atoms with Gasteiger partial charge in [-0.05, 0) is 74.1 Å². The Morgan fingerprint density at radius 3 is 2.46 bits per heavy atom. The standard InChI is InChI=1S/C26H24BrFN4O4S/c1-3-30(4-2)24(34)15-31-13-16(20-12-17(27)5-10-21(20)31)11-22-25(35)32(26(36)37-22)14-23(33)29-19-8-6-18(28)7-9-19/h5-13H,3-4,14-15H2,1-2H3,(H,29,33)/b22-11-. The molecule has 2 heterocycles. The Bertz CT molecular complexity index is 1420. The van der Waals surface area contributed by atoms with Crippen LogP contribution in [0.3, 0.4) is 0 Å². The van der Waals surface area contributed by atoms with Gasteiger partial charge in [-0.15, -0.1) is 0 Å². The van der Waals surface area contributed by atoms with Crippen LogP contribution in [0.15, 0.2) is 58.0 Å². The number of amides is 4. The molecule has 1 N–H and O–H groups in total. The maximum absolute atomic E-state index is 13.1. The lowest BCUT2D eigenvalue weighted by Crippen LogP contribution is -2.36. The lowest BCUT2D eigenvalue weighted by Gasteiger charge is -2.19. The van der Waals surface area contributed by atoms with Gasteiger partial charge >= 0.3 is 0 Å². The van der Waals surface area contributed by atoms with Gasteiger partial charge < -0.3 is 14.8 Å². The molecule has 0 unspecified atom stereocenters. The summed E-state index contributed by atoms with van der Waals surface area (Å²) >= 11 is 4.22. The maximum atomic E-state index is 13.1. The minimum Gasteiger partial charge on any atom is -0.342 e. The van der Waals surface area contributed by atoms with Gasteiger partial charge in [0.15, 0.2) is 0 Å². The lowest BCUT2D eigenvalue weighted by molar-refractivity contribution is -0.131. The molecule has 8 nitrogen and oxygen atoms in total. The normalized spacial score (nSPS) is 14.6. The minimum atomic E-state index is -0.584. The Balaban J connectivity index is 1.57. The van der Waals surface area contributed by atoms with Crippen molar-refractivity contribution in [3.05, 3.63) is 69.4 Å². The predicted octanol–water partition coefficient (Wildman–Crippen LogP) is 5.09. The highest BCUT2D eigenvalue weighted by Crippen LogP contribution is 2.35. The first-order valence-corrected chi connectivity index (χ1v) is 13.2. The molecule has 1 aromatic heterocycles. The zero-order chi connectivity index (χ0) is 26.7. The van der Waals surface area contributed by atoms with Crippen LogP contribution in [0.2, 0.25) is 0 Å². The van der Waals surface area contributed by atoms with Crippen LogP contribution in [-0.2, 0) is 20.9 Å². The van der Waals surface area contributed by atoms with E-state index in [0.29, 0.717) is 24.3 Å². The Morgan fingerprint density at radius 1 is 1.08 bits per heavy atom. The smallest absolute Gasteiger partial charge is 0.294 e. The second kappa shape index (κ2) is 11.3. The molecule has 4 amide bonds. The van der Waals surface area contributed by atoms with Gasteiger partial charge in [0.2, 0.25) is 11.8 Å². The molecule has 0 radical (unpaired) electrons. The molecule has 192 valence electrons. The van der Waals surface area contributed by atoms with Gasteiger partial charge in [-0.2, -0.15) is 0 Å². The number of hydrogen-bond acceptors (Lipinski definition) is 5. The van der Waals surface area contributed by atoms with Crippen LogP contribution in [0.4, 0.5) is 14.9 Å². The number of thioether (sulfide) groups is 1. The molecule has 1 fully saturated rings. The summed E-state index contributed by atoms with van der Waals surface area (Å²) in [6.45, 7) is 4.73. The van der Waals surface area contributed by atoms with E-state index in [-0.39, 0.29) is 17.4 Å². The number of imide groups is 1. The summed E-state index contributed by atoms with van der Waals surface area (Å²) < 4.78 is 15.7. The van der Waals surface area contributed by atoms with E-state index in [1.165, 1.54) is 24.3 Å². The molecule has 37 heavy (non-hydrogen) atoms. The minimum absolute atomic E-state index is 0.0242. The van der Waals surface area contributed by atoms with Gasteiger partial charge in [-0.3, -0.25) is 24.1 Å². The van der Waals surface area contributed by atoms with E-state index in [1.807, 2.05) is 36.6 Å².